The van der Waals surface area contributed by atoms with Crippen molar-refractivity contribution in [1.29, 1.82) is 0 Å². The minimum absolute atomic E-state index is 0.0438. The van der Waals surface area contributed by atoms with Crippen LogP contribution >= 0.6 is 33.9 Å². The van der Waals surface area contributed by atoms with E-state index < -0.39 is 12.1 Å². The fourth-order valence-corrected chi connectivity index (χ4v) is 2.79. The number of aromatic nitrogens is 2. The van der Waals surface area contributed by atoms with Crippen LogP contribution in [0, 0.1) is 3.57 Å². The lowest BCUT2D eigenvalue weighted by atomic mass is 10.2. The molecule has 2 rings (SSSR count). The SMILES string of the molecule is CCc1nn(Cc2ccc(I)cc2)c(=NC(=O)C(F)(F)F)s1. The van der Waals surface area contributed by atoms with Gasteiger partial charge in [-0.15, -0.1) is 0 Å². The van der Waals surface area contributed by atoms with Gasteiger partial charge in [0, 0.05) is 3.57 Å². The number of rotatable bonds is 3. The van der Waals surface area contributed by atoms with Crippen molar-refractivity contribution in [3.05, 3.63) is 43.2 Å². The van der Waals surface area contributed by atoms with Crippen LogP contribution in [0.15, 0.2) is 29.3 Å². The summed E-state index contributed by atoms with van der Waals surface area (Å²) in [6.45, 7) is 2.10. The van der Waals surface area contributed by atoms with Crippen molar-refractivity contribution < 1.29 is 18.0 Å². The average molecular weight is 441 g/mol. The molecule has 0 bridgehead atoms. The molecule has 22 heavy (non-hydrogen) atoms. The van der Waals surface area contributed by atoms with Gasteiger partial charge in [0.15, 0.2) is 0 Å². The molecule has 1 aromatic carbocycles. The summed E-state index contributed by atoms with van der Waals surface area (Å²) in [7, 11) is 0. The maximum atomic E-state index is 12.4. The van der Waals surface area contributed by atoms with Crippen LogP contribution < -0.4 is 4.80 Å². The fourth-order valence-electron chi connectivity index (χ4n) is 1.60. The molecule has 1 heterocycles. The summed E-state index contributed by atoms with van der Waals surface area (Å²) in [5.74, 6) is -2.12. The molecule has 2 aromatic rings. The highest BCUT2D eigenvalue weighted by molar-refractivity contribution is 14.1. The molecule has 0 radical (unpaired) electrons. The highest BCUT2D eigenvalue weighted by atomic mass is 127. The second-order valence-electron chi connectivity index (χ2n) is 4.33. The fraction of sp³-hybridized carbons (Fsp3) is 0.308. The summed E-state index contributed by atoms with van der Waals surface area (Å²) in [4.78, 5) is 14.2. The van der Waals surface area contributed by atoms with Gasteiger partial charge in [-0.2, -0.15) is 23.3 Å². The van der Waals surface area contributed by atoms with E-state index in [-0.39, 0.29) is 11.3 Å². The van der Waals surface area contributed by atoms with Gasteiger partial charge >= 0.3 is 12.1 Å². The maximum absolute atomic E-state index is 12.4. The van der Waals surface area contributed by atoms with Crippen molar-refractivity contribution >= 4 is 39.8 Å². The molecule has 0 aliphatic carbocycles. The molecular weight excluding hydrogens is 430 g/mol. The van der Waals surface area contributed by atoms with Crippen LogP contribution in [0.1, 0.15) is 17.5 Å². The highest BCUT2D eigenvalue weighted by Crippen LogP contribution is 2.16. The Morgan fingerprint density at radius 3 is 2.55 bits per heavy atom. The Balaban J connectivity index is 2.38. The number of carbonyl (C=O) groups excluding carboxylic acids is 1. The largest absolute Gasteiger partial charge is 0.473 e. The van der Waals surface area contributed by atoms with Gasteiger partial charge in [-0.05, 0) is 46.7 Å². The number of alkyl halides is 3. The molecular formula is C13H11F3IN3OS. The first kappa shape index (κ1) is 17.1. The first-order chi connectivity index (χ1) is 10.3. The molecule has 118 valence electrons. The van der Waals surface area contributed by atoms with E-state index >= 15 is 0 Å². The molecule has 1 aromatic heterocycles. The predicted octanol–water partition coefficient (Wildman–Crippen LogP) is 3.15. The van der Waals surface area contributed by atoms with Crippen LogP contribution in [0.4, 0.5) is 13.2 Å². The lowest BCUT2D eigenvalue weighted by Crippen LogP contribution is -2.26. The zero-order valence-corrected chi connectivity index (χ0v) is 14.4. The van der Waals surface area contributed by atoms with E-state index in [9.17, 15) is 18.0 Å². The minimum atomic E-state index is -4.98. The van der Waals surface area contributed by atoms with Crippen LogP contribution in [0.5, 0.6) is 0 Å². The molecule has 9 heteroatoms. The number of aryl methyl sites for hydroxylation is 1. The van der Waals surface area contributed by atoms with Gasteiger partial charge < -0.3 is 0 Å². The van der Waals surface area contributed by atoms with Gasteiger partial charge in [0.25, 0.3) is 0 Å². The van der Waals surface area contributed by atoms with E-state index in [1.807, 2.05) is 31.2 Å². The minimum Gasteiger partial charge on any atom is -0.262 e. The number of benzene rings is 1. The molecule has 0 unspecified atom stereocenters. The van der Waals surface area contributed by atoms with Crippen molar-refractivity contribution in [2.24, 2.45) is 4.99 Å². The first-order valence-corrected chi connectivity index (χ1v) is 8.16. The second kappa shape index (κ2) is 6.90. The number of carbonyl (C=O) groups is 1. The van der Waals surface area contributed by atoms with E-state index in [1.54, 1.807) is 0 Å². The number of amides is 1. The third-order valence-corrected chi connectivity index (χ3v) is 4.46. The Kier molecular flexibility index (Phi) is 5.37. The summed E-state index contributed by atoms with van der Waals surface area (Å²) >= 11 is 3.15. The third-order valence-electron chi connectivity index (χ3n) is 2.65. The molecule has 0 atom stereocenters. The summed E-state index contributed by atoms with van der Waals surface area (Å²) in [6.07, 6.45) is -4.41. The summed E-state index contributed by atoms with van der Waals surface area (Å²) in [5.41, 5.74) is 0.870. The van der Waals surface area contributed by atoms with Gasteiger partial charge in [-0.3, -0.25) is 4.79 Å². The van der Waals surface area contributed by atoms with Crippen LogP contribution in [0.3, 0.4) is 0 Å². The Morgan fingerprint density at radius 2 is 2.00 bits per heavy atom. The predicted molar refractivity (Wildman–Crippen MR) is 84.4 cm³/mol. The molecule has 0 spiro atoms. The third kappa shape index (κ3) is 4.38. The highest BCUT2D eigenvalue weighted by Gasteiger charge is 2.38. The van der Waals surface area contributed by atoms with E-state index in [0.29, 0.717) is 11.4 Å². The standard InChI is InChI=1S/C13H11F3IN3OS/c1-2-10-19-20(7-8-3-5-9(17)6-4-8)12(22-10)18-11(21)13(14,15)16/h3-6H,2,7H2,1H3. The molecule has 0 saturated heterocycles. The lowest BCUT2D eigenvalue weighted by Gasteiger charge is -2.03. The van der Waals surface area contributed by atoms with Crippen molar-refractivity contribution in [1.82, 2.24) is 9.78 Å². The van der Waals surface area contributed by atoms with E-state index in [1.165, 1.54) is 4.68 Å². The van der Waals surface area contributed by atoms with Gasteiger partial charge in [-0.1, -0.05) is 30.4 Å². The molecule has 0 N–H and O–H groups in total. The lowest BCUT2D eigenvalue weighted by molar-refractivity contribution is -0.169. The topological polar surface area (TPSA) is 47.2 Å². The first-order valence-electron chi connectivity index (χ1n) is 6.26. The quantitative estimate of drug-likeness (QED) is 0.688. The van der Waals surface area contributed by atoms with Gasteiger partial charge in [0.1, 0.15) is 5.01 Å². The Bertz CT molecular complexity index is 734. The van der Waals surface area contributed by atoms with E-state index in [0.717, 1.165) is 20.5 Å². The van der Waals surface area contributed by atoms with E-state index in [4.69, 9.17) is 0 Å². The van der Waals surface area contributed by atoms with Gasteiger partial charge in [0.2, 0.25) is 4.80 Å². The maximum Gasteiger partial charge on any atom is 0.473 e. The number of hydrogen-bond acceptors (Lipinski definition) is 3. The van der Waals surface area contributed by atoms with Crippen LogP contribution in [-0.2, 0) is 17.8 Å². The average Bonchev–Trinajstić information content (AvgIpc) is 2.82. The summed E-state index contributed by atoms with van der Waals surface area (Å²) < 4.78 is 39.5. The Labute approximate surface area is 141 Å². The monoisotopic (exact) mass is 441 g/mol. The van der Waals surface area contributed by atoms with Crippen LogP contribution in [0.25, 0.3) is 0 Å². The Hall–Kier alpha value is -1.23. The number of hydrogen-bond donors (Lipinski definition) is 0. The van der Waals surface area contributed by atoms with Gasteiger partial charge in [-0.25, -0.2) is 4.68 Å². The molecule has 1 amide bonds. The van der Waals surface area contributed by atoms with Crippen molar-refractivity contribution in [2.45, 2.75) is 26.1 Å². The second-order valence-corrected chi connectivity index (χ2v) is 6.62. The Morgan fingerprint density at radius 1 is 1.36 bits per heavy atom. The summed E-state index contributed by atoms with van der Waals surface area (Å²) in [6, 6.07) is 7.49. The van der Waals surface area contributed by atoms with Crippen LogP contribution in [0.2, 0.25) is 0 Å². The zero-order valence-electron chi connectivity index (χ0n) is 11.4. The number of nitrogens with zero attached hydrogens (tertiary/aromatic N) is 3. The number of halogens is 4. The van der Waals surface area contributed by atoms with E-state index in [2.05, 4.69) is 32.7 Å². The van der Waals surface area contributed by atoms with Crippen molar-refractivity contribution in [3.63, 3.8) is 0 Å². The molecule has 0 aliphatic heterocycles. The summed E-state index contributed by atoms with van der Waals surface area (Å²) in [5, 5.41) is 4.83. The normalized spacial score (nSPS) is 12.7. The molecule has 0 aliphatic rings. The van der Waals surface area contributed by atoms with Crippen LogP contribution in [-0.4, -0.2) is 21.9 Å². The molecule has 0 saturated carbocycles. The molecule has 4 nitrogen and oxygen atoms in total. The smallest absolute Gasteiger partial charge is 0.262 e. The molecule has 0 fully saturated rings. The van der Waals surface area contributed by atoms with Gasteiger partial charge in [0.05, 0.1) is 6.54 Å². The zero-order chi connectivity index (χ0) is 16.3. The van der Waals surface area contributed by atoms with Crippen molar-refractivity contribution in [2.75, 3.05) is 0 Å². The van der Waals surface area contributed by atoms with Crippen molar-refractivity contribution in [3.8, 4) is 0 Å².